The van der Waals surface area contributed by atoms with Crippen molar-refractivity contribution in [2.45, 2.75) is 192 Å². The van der Waals surface area contributed by atoms with Crippen LogP contribution in [0.1, 0.15) is 155 Å². The molecule has 1 heterocycles. The second-order valence-corrected chi connectivity index (χ2v) is 15.4. The summed E-state index contributed by atoms with van der Waals surface area (Å²) >= 11 is 0. The monoisotopic (exact) mass is 762 g/mol. The highest BCUT2D eigenvalue weighted by atomic mass is 32.2. The Bertz CT molecular complexity index is 1080. The van der Waals surface area contributed by atoms with E-state index in [1.165, 1.54) is 38.5 Å². The van der Waals surface area contributed by atoms with E-state index in [2.05, 4.69) is 38.2 Å². The molecule has 6 unspecified atom stereocenters. The highest BCUT2D eigenvalue weighted by Gasteiger charge is 2.46. The quantitative estimate of drug-likeness (QED) is 0.0241. The summed E-state index contributed by atoms with van der Waals surface area (Å²) < 4.78 is 53.8. The molecule has 4 N–H and O–H groups in total. The molecule has 0 spiro atoms. The Kier molecular flexibility index (Phi) is 28.2. The fraction of sp³-hybridized carbons (Fsp3) is 0.846. The molecule has 0 aliphatic carbocycles. The maximum absolute atomic E-state index is 12.7. The Labute approximate surface area is 313 Å². The minimum Gasteiger partial charge on any atom is -0.462 e. The second-order valence-electron chi connectivity index (χ2n) is 13.9. The van der Waals surface area contributed by atoms with Crippen LogP contribution in [0.4, 0.5) is 0 Å². The summed E-state index contributed by atoms with van der Waals surface area (Å²) in [6, 6.07) is 0. The number of esters is 2. The average molecular weight is 763 g/mol. The number of aliphatic hydroxyl groups excluding tert-OH is 3. The second kappa shape index (κ2) is 30.5. The van der Waals surface area contributed by atoms with Crippen molar-refractivity contribution in [1.82, 2.24) is 0 Å². The van der Waals surface area contributed by atoms with Crippen LogP contribution in [-0.2, 0) is 38.7 Å². The Hall–Kier alpha value is -1.87. The average Bonchev–Trinajstić information content (AvgIpc) is 3.10. The van der Waals surface area contributed by atoms with Crippen molar-refractivity contribution in [2.75, 3.05) is 19.0 Å². The number of allylic oxidation sites excluding steroid dienone is 4. The molecule has 52 heavy (non-hydrogen) atoms. The first-order valence-electron chi connectivity index (χ1n) is 19.9. The molecule has 0 bridgehead atoms. The zero-order chi connectivity index (χ0) is 38.5. The van der Waals surface area contributed by atoms with Crippen LogP contribution < -0.4 is 0 Å². The number of hydrogen-bond acceptors (Lipinski definition) is 11. The van der Waals surface area contributed by atoms with E-state index in [9.17, 15) is 37.9 Å². The molecule has 0 saturated carbocycles. The smallest absolute Gasteiger partial charge is 0.306 e. The summed E-state index contributed by atoms with van der Waals surface area (Å²) in [6.45, 7) is 3.66. The van der Waals surface area contributed by atoms with E-state index in [-0.39, 0.29) is 19.4 Å². The molecule has 1 aliphatic rings. The number of ether oxygens (including phenoxy) is 4. The van der Waals surface area contributed by atoms with Crippen LogP contribution in [0.15, 0.2) is 24.3 Å². The topological polar surface area (TPSA) is 186 Å². The molecule has 12 nitrogen and oxygen atoms in total. The highest BCUT2D eigenvalue weighted by Crippen LogP contribution is 2.24. The van der Waals surface area contributed by atoms with E-state index in [1.54, 1.807) is 0 Å². The molecule has 13 heteroatoms. The van der Waals surface area contributed by atoms with E-state index in [0.717, 1.165) is 77.0 Å². The number of unbranched alkanes of at least 4 members (excludes halogenated alkanes) is 16. The van der Waals surface area contributed by atoms with Crippen molar-refractivity contribution in [3.8, 4) is 0 Å². The van der Waals surface area contributed by atoms with Gasteiger partial charge in [-0.25, -0.2) is 0 Å². The Morgan fingerprint density at radius 3 is 1.65 bits per heavy atom. The molecule has 0 aromatic rings. The molecule has 0 aromatic carbocycles. The minimum atomic E-state index is -4.60. The number of rotatable bonds is 32. The van der Waals surface area contributed by atoms with E-state index >= 15 is 0 Å². The van der Waals surface area contributed by atoms with Gasteiger partial charge in [0.15, 0.2) is 12.4 Å². The molecule has 6 atom stereocenters. The lowest BCUT2D eigenvalue weighted by Gasteiger charge is -2.40. The van der Waals surface area contributed by atoms with Crippen LogP contribution in [0.5, 0.6) is 0 Å². The maximum Gasteiger partial charge on any atom is 0.306 e. The fourth-order valence-corrected chi connectivity index (χ4v) is 6.52. The van der Waals surface area contributed by atoms with Crippen LogP contribution in [0.2, 0.25) is 0 Å². The van der Waals surface area contributed by atoms with Crippen molar-refractivity contribution in [3.05, 3.63) is 24.3 Å². The molecule has 0 aromatic heterocycles. The zero-order valence-electron chi connectivity index (χ0n) is 31.9. The van der Waals surface area contributed by atoms with Crippen molar-refractivity contribution in [2.24, 2.45) is 0 Å². The third kappa shape index (κ3) is 25.2. The van der Waals surface area contributed by atoms with Gasteiger partial charge < -0.3 is 34.3 Å². The highest BCUT2D eigenvalue weighted by molar-refractivity contribution is 7.85. The molecular formula is C39H70O12S. The first kappa shape index (κ1) is 48.1. The molecule has 304 valence electrons. The third-order valence-corrected chi connectivity index (χ3v) is 9.75. The van der Waals surface area contributed by atoms with Crippen molar-refractivity contribution in [1.29, 1.82) is 0 Å². The summed E-state index contributed by atoms with van der Waals surface area (Å²) in [5, 5.41) is 30.7. The van der Waals surface area contributed by atoms with Gasteiger partial charge in [0.25, 0.3) is 10.1 Å². The Balaban J connectivity index is 2.53. The molecule has 1 fully saturated rings. The fourth-order valence-electron chi connectivity index (χ4n) is 5.83. The van der Waals surface area contributed by atoms with Gasteiger partial charge in [0.05, 0.1) is 6.61 Å². The maximum atomic E-state index is 12.7. The third-order valence-electron chi connectivity index (χ3n) is 9.00. The number of aliphatic hydroxyl groups is 3. The number of hydrogen-bond donors (Lipinski definition) is 4. The lowest BCUT2D eigenvalue weighted by Crippen LogP contribution is -2.60. The minimum absolute atomic E-state index is 0.153. The summed E-state index contributed by atoms with van der Waals surface area (Å²) in [5.41, 5.74) is 0. The van der Waals surface area contributed by atoms with Crippen LogP contribution in [-0.4, -0.2) is 96.0 Å². The van der Waals surface area contributed by atoms with E-state index < -0.39 is 71.2 Å². The predicted octanol–water partition coefficient (Wildman–Crippen LogP) is 6.89. The molecule has 1 rings (SSSR count). The van der Waals surface area contributed by atoms with E-state index in [4.69, 9.17) is 18.9 Å². The van der Waals surface area contributed by atoms with Gasteiger partial charge in [0.1, 0.15) is 36.8 Å². The van der Waals surface area contributed by atoms with Crippen molar-refractivity contribution in [3.63, 3.8) is 0 Å². The summed E-state index contributed by atoms with van der Waals surface area (Å²) in [6.07, 6.45) is 20.9. The molecule has 1 saturated heterocycles. The summed E-state index contributed by atoms with van der Waals surface area (Å²) in [5.74, 6) is -2.01. The first-order chi connectivity index (χ1) is 25.0. The van der Waals surface area contributed by atoms with Gasteiger partial charge in [-0.15, -0.1) is 0 Å². The van der Waals surface area contributed by atoms with Gasteiger partial charge >= 0.3 is 11.9 Å². The molecule has 1 aliphatic heterocycles. The zero-order valence-corrected chi connectivity index (χ0v) is 32.7. The lowest BCUT2D eigenvalue weighted by molar-refractivity contribution is -0.297. The van der Waals surface area contributed by atoms with Gasteiger partial charge in [-0.3, -0.25) is 14.1 Å². The van der Waals surface area contributed by atoms with Gasteiger partial charge in [-0.1, -0.05) is 109 Å². The Morgan fingerprint density at radius 1 is 0.635 bits per heavy atom. The largest absolute Gasteiger partial charge is 0.462 e. The molecular weight excluding hydrogens is 692 g/mol. The normalized spacial score (nSPS) is 21.5. The van der Waals surface area contributed by atoms with Crippen LogP contribution >= 0.6 is 0 Å². The van der Waals surface area contributed by atoms with Gasteiger partial charge in [-0.2, -0.15) is 8.42 Å². The SMILES string of the molecule is CCCC/C=C\CCCCCCCC(=O)OCC(COC1OC(CS(=O)(=O)O)C(O)C(O)C1O)OC(=O)CCCCCCC/C=C\CCCCCC. The molecule has 0 amide bonds. The summed E-state index contributed by atoms with van der Waals surface area (Å²) in [7, 11) is -4.60. The predicted molar refractivity (Wildman–Crippen MR) is 201 cm³/mol. The van der Waals surface area contributed by atoms with Gasteiger partial charge in [0, 0.05) is 12.8 Å². The van der Waals surface area contributed by atoms with Crippen LogP contribution in [0.25, 0.3) is 0 Å². The van der Waals surface area contributed by atoms with Gasteiger partial charge in [-0.05, 0) is 57.8 Å². The molecule has 0 radical (unpaired) electrons. The van der Waals surface area contributed by atoms with Crippen LogP contribution in [0, 0.1) is 0 Å². The van der Waals surface area contributed by atoms with Crippen molar-refractivity contribution >= 4 is 22.1 Å². The van der Waals surface area contributed by atoms with Gasteiger partial charge in [0.2, 0.25) is 0 Å². The Morgan fingerprint density at radius 2 is 1.12 bits per heavy atom. The van der Waals surface area contributed by atoms with E-state index in [0.29, 0.717) is 12.8 Å². The first-order valence-corrected chi connectivity index (χ1v) is 21.5. The number of carbonyl (C=O) groups excluding carboxylic acids is 2. The number of carbonyl (C=O) groups is 2. The van der Waals surface area contributed by atoms with E-state index in [1.807, 2.05) is 0 Å². The lowest BCUT2D eigenvalue weighted by atomic mass is 10.00. The summed E-state index contributed by atoms with van der Waals surface area (Å²) in [4.78, 5) is 25.2. The standard InChI is InChI=1S/C39H70O12S/c1-3-5-7-9-11-13-15-16-18-20-22-24-26-28-35(41)50-32(29-48-34(40)27-25-23-21-19-17-14-12-10-8-6-4-2)30-49-39-38(44)37(43)36(42)33(51-39)31-52(45,46)47/h10,12-13,15,32-33,36-39,42-44H,3-9,11,14,16-31H2,1-2H3,(H,45,46,47)/b12-10-,15-13-. The van der Waals surface area contributed by atoms with Crippen LogP contribution in [0.3, 0.4) is 0 Å². The van der Waals surface area contributed by atoms with Crippen molar-refractivity contribution < 1.29 is 56.8 Å².